The molecule has 1 aliphatic rings. The summed E-state index contributed by atoms with van der Waals surface area (Å²) < 4.78 is 5.54. The zero-order valence-corrected chi connectivity index (χ0v) is 12.8. The maximum absolute atomic E-state index is 11.9. The number of nitrogen functional groups attached to an aromatic ring is 1. The van der Waals surface area contributed by atoms with Gasteiger partial charge in [-0.15, -0.1) is 0 Å². The highest BCUT2D eigenvalue weighted by Gasteiger charge is 2.17. The molecule has 0 saturated carbocycles. The number of amides is 1. The van der Waals surface area contributed by atoms with E-state index in [-0.39, 0.29) is 12.0 Å². The van der Waals surface area contributed by atoms with E-state index in [1.807, 2.05) is 18.7 Å². The molecule has 1 aliphatic heterocycles. The first-order chi connectivity index (χ1) is 10.1. The van der Waals surface area contributed by atoms with Crippen LogP contribution in [0.2, 0.25) is 0 Å². The number of aromatic nitrogens is 1. The lowest BCUT2D eigenvalue weighted by atomic mass is 10.3. The Morgan fingerprint density at radius 2 is 2.14 bits per heavy atom. The van der Waals surface area contributed by atoms with Gasteiger partial charge in [0.05, 0.1) is 11.8 Å². The van der Waals surface area contributed by atoms with Crippen molar-refractivity contribution in [2.24, 2.45) is 0 Å². The first-order valence-corrected chi connectivity index (χ1v) is 7.51. The molecule has 0 bridgehead atoms. The summed E-state index contributed by atoms with van der Waals surface area (Å²) in [5, 5.41) is 3.15. The van der Waals surface area contributed by atoms with Crippen LogP contribution < -0.4 is 15.8 Å². The van der Waals surface area contributed by atoms with Gasteiger partial charge in [0.1, 0.15) is 5.82 Å². The van der Waals surface area contributed by atoms with Gasteiger partial charge in [0.15, 0.2) is 0 Å². The first kappa shape index (κ1) is 15.4. The molecule has 21 heavy (non-hydrogen) atoms. The number of nitrogens with zero attached hydrogens (tertiary/aromatic N) is 2. The topological polar surface area (TPSA) is 80.5 Å². The average Bonchev–Trinajstić information content (AvgIpc) is 2.96. The van der Waals surface area contributed by atoms with Crippen LogP contribution in [0.15, 0.2) is 12.1 Å². The number of likely N-dealkylation sites (tertiary alicyclic amines) is 1. The molecule has 0 atom stereocenters. The van der Waals surface area contributed by atoms with Crippen LogP contribution in [-0.2, 0) is 4.79 Å². The van der Waals surface area contributed by atoms with Gasteiger partial charge < -0.3 is 20.7 Å². The van der Waals surface area contributed by atoms with E-state index in [1.54, 1.807) is 12.1 Å². The Balaban J connectivity index is 1.83. The van der Waals surface area contributed by atoms with Crippen LogP contribution in [0.4, 0.5) is 11.5 Å². The quantitative estimate of drug-likeness (QED) is 0.836. The van der Waals surface area contributed by atoms with Crippen LogP contribution in [0.5, 0.6) is 5.88 Å². The van der Waals surface area contributed by atoms with Crippen LogP contribution in [0, 0.1) is 0 Å². The van der Waals surface area contributed by atoms with Gasteiger partial charge in [0.25, 0.3) is 0 Å². The summed E-state index contributed by atoms with van der Waals surface area (Å²) in [7, 11) is 0. The molecule has 1 amide bonds. The lowest BCUT2D eigenvalue weighted by molar-refractivity contribution is -0.129. The maximum atomic E-state index is 11.9. The molecular weight excluding hydrogens is 268 g/mol. The van der Waals surface area contributed by atoms with E-state index in [1.165, 1.54) is 0 Å². The third-order valence-corrected chi connectivity index (χ3v) is 3.34. The van der Waals surface area contributed by atoms with Gasteiger partial charge in [-0.2, -0.15) is 4.98 Å². The van der Waals surface area contributed by atoms with Crippen molar-refractivity contribution in [1.29, 1.82) is 0 Å². The smallest absolute Gasteiger partial charge is 0.239 e. The van der Waals surface area contributed by atoms with Gasteiger partial charge in [-0.25, -0.2) is 0 Å². The highest BCUT2D eigenvalue weighted by Crippen LogP contribution is 2.22. The predicted molar refractivity (Wildman–Crippen MR) is 83.3 cm³/mol. The standard InChI is InChI=1S/C15H24N4O2/c1-11(2)21-15-12(16)5-6-13(18-15)17-8-7-14(20)19-9-3-4-10-19/h5-6,11H,3-4,7-10,16H2,1-2H3,(H,17,18). The zero-order valence-electron chi connectivity index (χ0n) is 12.8. The van der Waals surface area contributed by atoms with Gasteiger partial charge in [-0.05, 0) is 38.8 Å². The lowest BCUT2D eigenvalue weighted by Crippen LogP contribution is -2.29. The molecular formula is C15H24N4O2. The van der Waals surface area contributed by atoms with E-state index in [9.17, 15) is 4.79 Å². The summed E-state index contributed by atoms with van der Waals surface area (Å²) in [6, 6.07) is 3.55. The van der Waals surface area contributed by atoms with Crippen LogP contribution in [-0.4, -0.2) is 41.5 Å². The molecule has 2 heterocycles. The SMILES string of the molecule is CC(C)Oc1nc(NCCC(=O)N2CCCC2)ccc1N. The molecule has 6 heteroatoms. The average molecular weight is 292 g/mol. The van der Waals surface area contributed by atoms with Crippen molar-refractivity contribution in [2.75, 3.05) is 30.7 Å². The minimum atomic E-state index is 0.0202. The van der Waals surface area contributed by atoms with Gasteiger partial charge in [-0.1, -0.05) is 0 Å². The number of anilines is 2. The largest absolute Gasteiger partial charge is 0.473 e. The highest BCUT2D eigenvalue weighted by molar-refractivity contribution is 5.76. The third-order valence-electron chi connectivity index (χ3n) is 3.34. The number of carbonyl (C=O) groups excluding carboxylic acids is 1. The number of pyridine rings is 1. The Kier molecular flexibility index (Phi) is 5.25. The summed E-state index contributed by atoms with van der Waals surface area (Å²) >= 11 is 0. The summed E-state index contributed by atoms with van der Waals surface area (Å²) in [6.07, 6.45) is 2.74. The van der Waals surface area contributed by atoms with Gasteiger partial charge in [0.2, 0.25) is 11.8 Å². The van der Waals surface area contributed by atoms with Crippen molar-refractivity contribution < 1.29 is 9.53 Å². The second-order valence-corrected chi connectivity index (χ2v) is 5.52. The summed E-state index contributed by atoms with van der Waals surface area (Å²) in [5.74, 6) is 1.31. The van der Waals surface area contributed by atoms with Crippen molar-refractivity contribution in [3.8, 4) is 5.88 Å². The first-order valence-electron chi connectivity index (χ1n) is 7.51. The fourth-order valence-electron chi connectivity index (χ4n) is 2.29. The van der Waals surface area contributed by atoms with E-state index >= 15 is 0 Å². The third kappa shape index (κ3) is 4.51. The summed E-state index contributed by atoms with van der Waals surface area (Å²) in [5.41, 5.74) is 6.34. The number of nitrogens with two attached hydrogens (primary N) is 1. The Bertz CT molecular complexity index is 485. The van der Waals surface area contributed by atoms with Crippen molar-refractivity contribution in [2.45, 2.75) is 39.2 Å². The van der Waals surface area contributed by atoms with Crippen molar-refractivity contribution >= 4 is 17.4 Å². The Morgan fingerprint density at radius 3 is 2.81 bits per heavy atom. The van der Waals surface area contributed by atoms with Gasteiger partial charge in [-0.3, -0.25) is 4.79 Å². The van der Waals surface area contributed by atoms with E-state index in [2.05, 4.69) is 10.3 Å². The zero-order chi connectivity index (χ0) is 15.2. The van der Waals surface area contributed by atoms with E-state index in [0.717, 1.165) is 25.9 Å². The molecule has 3 N–H and O–H groups in total. The number of ether oxygens (including phenoxy) is 1. The summed E-state index contributed by atoms with van der Waals surface area (Å²) in [6.45, 7) is 6.20. The van der Waals surface area contributed by atoms with Crippen molar-refractivity contribution in [3.05, 3.63) is 12.1 Å². The fourth-order valence-corrected chi connectivity index (χ4v) is 2.29. The highest BCUT2D eigenvalue weighted by atomic mass is 16.5. The van der Waals surface area contributed by atoms with Crippen LogP contribution in [0.25, 0.3) is 0 Å². The molecule has 116 valence electrons. The number of hydrogen-bond donors (Lipinski definition) is 2. The van der Waals surface area contributed by atoms with Crippen LogP contribution >= 0.6 is 0 Å². The van der Waals surface area contributed by atoms with Crippen LogP contribution in [0.3, 0.4) is 0 Å². The van der Waals surface area contributed by atoms with Gasteiger partial charge >= 0.3 is 0 Å². The van der Waals surface area contributed by atoms with Gasteiger partial charge in [0, 0.05) is 26.1 Å². The van der Waals surface area contributed by atoms with E-state index in [0.29, 0.717) is 30.4 Å². The second-order valence-electron chi connectivity index (χ2n) is 5.52. The molecule has 6 nitrogen and oxygen atoms in total. The molecule has 0 unspecified atom stereocenters. The molecule has 0 radical (unpaired) electrons. The number of hydrogen-bond acceptors (Lipinski definition) is 5. The second kappa shape index (κ2) is 7.15. The van der Waals surface area contributed by atoms with E-state index < -0.39 is 0 Å². The Hall–Kier alpha value is -1.98. The Morgan fingerprint density at radius 1 is 1.43 bits per heavy atom. The number of nitrogens with one attached hydrogen (secondary N) is 1. The molecule has 2 rings (SSSR count). The van der Waals surface area contributed by atoms with Crippen molar-refractivity contribution in [1.82, 2.24) is 9.88 Å². The fraction of sp³-hybridized carbons (Fsp3) is 0.600. The molecule has 1 saturated heterocycles. The van der Waals surface area contributed by atoms with E-state index in [4.69, 9.17) is 10.5 Å². The minimum Gasteiger partial charge on any atom is -0.473 e. The normalized spacial score (nSPS) is 14.5. The molecule has 0 aliphatic carbocycles. The maximum Gasteiger partial charge on any atom is 0.239 e. The minimum absolute atomic E-state index is 0.0202. The molecule has 1 aromatic heterocycles. The molecule has 1 aromatic rings. The Labute approximate surface area is 125 Å². The van der Waals surface area contributed by atoms with Crippen molar-refractivity contribution in [3.63, 3.8) is 0 Å². The number of rotatable bonds is 6. The van der Waals surface area contributed by atoms with Crippen LogP contribution in [0.1, 0.15) is 33.1 Å². The monoisotopic (exact) mass is 292 g/mol. The molecule has 1 fully saturated rings. The molecule has 0 aromatic carbocycles. The molecule has 0 spiro atoms. The lowest BCUT2D eigenvalue weighted by Gasteiger charge is -2.16. The number of carbonyl (C=O) groups is 1. The predicted octanol–water partition coefficient (Wildman–Crippen LogP) is 1.88. The summed E-state index contributed by atoms with van der Waals surface area (Å²) in [4.78, 5) is 18.2.